The predicted octanol–water partition coefficient (Wildman–Crippen LogP) is 0.627. The third kappa shape index (κ3) is 4.07. The first-order valence-corrected chi connectivity index (χ1v) is 5.76. The van der Waals surface area contributed by atoms with Gasteiger partial charge in [-0.25, -0.2) is 4.98 Å². The molecule has 5 heteroatoms. The normalized spacial score (nSPS) is 11.4. The molecule has 18 heavy (non-hydrogen) atoms. The number of aromatic nitrogens is 1. The minimum atomic E-state index is -0.249. The van der Waals surface area contributed by atoms with Crippen molar-refractivity contribution in [3.8, 4) is 12.3 Å². The Balaban J connectivity index is 2.62. The molecule has 0 radical (unpaired) electrons. The lowest BCUT2D eigenvalue weighted by Gasteiger charge is -2.14. The smallest absolute Gasteiger partial charge is 0.253 e. The van der Waals surface area contributed by atoms with Crippen LogP contribution in [0.2, 0.25) is 0 Å². The Morgan fingerprint density at radius 2 is 2.39 bits per heavy atom. The number of carbonyl (C=O) groups excluding carboxylic acids is 1. The van der Waals surface area contributed by atoms with Gasteiger partial charge in [0.05, 0.1) is 24.8 Å². The molecule has 0 fully saturated rings. The summed E-state index contributed by atoms with van der Waals surface area (Å²) in [7, 11) is 0. The second-order valence-electron chi connectivity index (χ2n) is 3.75. The van der Waals surface area contributed by atoms with E-state index in [0.29, 0.717) is 11.4 Å². The summed E-state index contributed by atoms with van der Waals surface area (Å²) in [6, 6.07) is 3.33. The fourth-order valence-electron chi connectivity index (χ4n) is 1.33. The molecule has 0 saturated heterocycles. The fourth-order valence-corrected chi connectivity index (χ4v) is 1.33. The number of aliphatic hydroxyl groups excluding tert-OH is 1. The first kappa shape index (κ1) is 14.0. The third-order valence-corrected chi connectivity index (χ3v) is 2.44. The first-order valence-electron chi connectivity index (χ1n) is 5.76. The molecular formula is C13H17N3O2. The molecule has 0 bridgehead atoms. The van der Waals surface area contributed by atoms with Crippen molar-refractivity contribution in [3.63, 3.8) is 0 Å². The highest BCUT2D eigenvalue weighted by molar-refractivity contribution is 5.94. The lowest BCUT2D eigenvalue weighted by Crippen LogP contribution is -2.25. The van der Waals surface area contributed by atoms with Gasteiger partial charge in [0.15, 0.2) is 0 Å². The number of aliphatic hydroxyl groups is 1. The van der Waals surface area contributed by atoms with Gasteiger partial charge >= 0.3 is 0 Å². The topological polar surface area (TPSA) is 74.2 Å². The summed E-state index contributed by atoms with van der Waals surface area (Å²) in [5.74, 6) is 2.71. The Morgan fingerprint density at radius 3 is 2.89 bits per heavy atom. The van der Waals surface area contributed by atoms with E-state index >= 15 is 0 Å². The lowest BCUT2D eigenvalue weighted by atomic mass is 10.2. The zero-order valence-corrected chi connectivity index (χ0v) is 10.3. The van der Waals surface area contributed by atoms with E-state index in [0.717, 1.165) is 6.42 Å². The Hall–Kier alpha value is -2.06. The van der Waals surface area contributed by atoms with E-state index in [9.17, 15) is 4.79 Å². The molecular weight excluding hydrogens is 230 g/mol. The summed E-state index contributed by atoms with van der Waals surface area (Å²) >= 11 is 0. The van der Waals surface area contributed by atoms with Crippen molar-refractivity contribution in [3.05, 3.63) is 23.9 Å². The third-order valence-electron chi connectivity index (χ3n) is 2.44. The van der Waals surface area contributed by atoms with Gasteiger partial charge in [0, 0.05) is 6.20 Å². The van der Waals surface area contributed by atoms with Gasteiger partial charge in [-0.2, -0.15) is 0 Å². The Morgan fingerprint density at radius 1 is 1.61 bits per heavy atom. The maximum Gasteiger partial charge on any atom is 0.253 e. The van der Waals surface area contributed by atoms with Crippen molar-refractivity contribution >= 4 is 11.7 Å². The molecule has 3 N–H and O–H groups in total. The minimum Gasteiger partial charge on any atom is -0.394 e. The van der Waals surface area contributed by atoms with Crippen LogP contribution in [0.3, 0.4) is 0 Å². The summed E-state index contributed by atoms with van der Waals surface area (Å²) in [4.78, 5) is 15.7. The number of nitrogens with one attached hydrogen (secondary N) is 2. The molecule has 0 aromatic carbocycles. The van der Waals surface area contributed by atoms with E-state index in [1.807, 2.05) is 6.92 Å². The van der Waals surface area contributed by atoms with E-state index in [1.165, 1.54) is 6.20 Å². The van der Waals surface area contributed by atoms with Gasteiger partial charge in [0.25, 0.3) is 5.91 Å². The first-order chi connectivity index (χ1) is 8.71. The monoisotopic (exact) mass is 247 g/mol. The van der Waals surface area contributed by atoms with E-state index in [1.54, 1.807) is 12.1 Å². The average Bonchev–Trinajstić information content (AvgIpc) is 2.42. The number of amides is 1. The lowest BCUT2D eigenvalue weighted by molar-refractivity contribution is 0.0958. The van der Waals surface area contributed by atoms with Crippen molar-refractivity contribution in [2.24, 2.45) is 0 Å². The van der Waals surface area contributed by atoms with Gasteiger partial charge in [-0.1, -0.05) is 12.8 Å². The van der Waals surface area contributed by atoms with Crippen LogP contribution >= 0.6 is 0 Å². The van der Waals surface area contributed by atoms with Gasteiger partial charge in [0.1, 0.15) is 5.82 Å². The molecule has 0 unspecified atom stereocenters. The maximum atomic E-state index is 11.5. The van der Waals surface area contributed by atoms with Gasteiger partial charge in [-0.3, -0.25) is 4.79 Å². The standard InChI is InChI=1S/C13H17N3O2/c1-3-7-14-13(18)10-5-6-12(15-8-10)16-11(4-2)9-17/h1,5-6,8,11,17H,4,7,9H2,2H3,(H,14,18)(H,15,16)/t11-/m0/s1. The van der Waals surface area contributed by atoms with Gasteiger partial charge < -0.3 is 15.7 Å². The van der Waals surface area contributed by atoms with Crippen molar-refractivity contribution in [2.75, 3.05) is 18.5 Å². The number of hydrogen-bond acceptors (Lipinski definition) is 4. The molecule has 0 saturated carbocycles. The highest BCUT2D eigenvalue weighted by Crippen LogP contribution is 2.07. The number of rotatable bonds is 6. The van der Waals surface area contributed by atoms with E-state index < -0.39 is 0 Å². The van der Waals surface area contributed by atoms with Crippen LogP contribution in [-0.2, 0) is 0 Å². The zero-order chi connectivity index (χ0) is 13.4. The predicted molar refractivity (Wildman–Crippen MR) is 70.2 cm³/mol. The number of carbonyl (C=O) groups is 1. The molecule has 1 amide bonds. The molecule has 1 aromatic rings. The molecule has 5 nitrogen and oxygen atoms in total. The van der Waals surface area contributed by atoms with Crippen LogP contribution in [0.15, 0.2) is 18.3 Å². The minimum absolute atomic E-state index is 0.0291. The quantitative estimate of drug-likeness (QED) is 0.644. The fraction of sp³-hybridized carbons (Fsp3) is 0.385. The van der Waals surface area contributed by atoms with Crippen molar-refractivity contribution in [2.45, 2.75) is 19.4 Å². The number of nitrogens with zero attached hydrogens (tertiary/aromatic N) is 1. The van der Waals surface area contributed by atoms with Crippen molar-refractivity contribution in [1.82, 2.24) is 10.3 Å². The molecule has 96 valence electrons. The van der Waals surface area contributed by atoms with E-state index in [2.05, 4.69) is 21.5 Å². The molecule has 0 spiro atoms. The van der Waals surface area contributed by atoms with Gasteiger partial charge in [-0.15, -0.1) is 6.42 Å². The number of terminal acetylenes is 1. The molecule has 0 aliphatic rings. The van der Waals surface area contributed by atoms with Crippen LogP contribution in [0.1, 0.15) is 23.7 Å². The van der Waals surface area contributed by atoms with Crippen LogP contribution in [0.25, 0.3) is 0 Å². The average molecular weight is 247 g/mol. The summed E-state index contributed by atoms with van der Waals surface area (Å²) in [5.41, 5.74) is 0.452. The molecule has 0 aliphatic carbocycles. The number of anilines is 1. The van der Waals surface area contributed by atoms with Gasteiger partial charge in [-0.05, 0) is 18.6 Å². The molecule has 1 rings (SSSR count). The largest absolute Gasteiger partial charge is 0.394 e. The maximum absolute atomic E-state index is 11.5. The summed E-state index contributed by atoms with van der Waals surface area (Å²) < 4.78 is 0. The summed E-state index contributed by atoms with van der Waals surface area (Å²) in [5, 5.41) is 14.7. The van der Waals surface area contributed by atoms with Gasteiger partial charge in [0.2, 0.25) is 0 Å². The molecule has 0 aliphatic heterocycles. The Labute approximate surface area is 107 Å². The Bertz CT molecular complexity index is 419. The molecule has 1 aromatic heterocycles. The highest BCUT2D eigenvalue weighted by atomic mass is 16.3. The van der Waals surface area contributed by atoms with Crippen molar-refractivity contribution < 1.29 is 9.90 Å². The Kier molecular flexibility index (Phi) is 5.68. The zero-order valence-electron chi connectivity index (χ0n) is 10.3. The number of pyridine rings is 1. The SMILES string of the molecule is C#CCNC(=O)c1ccc(N[C@@H](CC)CO)nc1. The van der Waals surface area contributed by atoms with Crippen LogP contribution in [0.4, 0.5) is 5.82 Å². The van der Waals surface area contributed by atoms with E-state index in [-0.39, 0.29) is 25.1 Å². The number of hydrogen-bond donors (Lipinski definition) is 3. The second-order valence-corrected chi connectivity index (χ2v) is 3.75. The summed E-state index contributed by atoms with van der Waals surface area (Å²) in [6.45, 7) is 2.21. The summed E-state index contributed by atoms with van der Waals surface area (Å²) in [6.07, 6.45) is 7.32. The van der Waals surface area contributed by atoms with Crippen LogP contribution < -0.4 is 10.6 Å². The van der Waals surface area contributed by atoms with Crippen molar-refractivity contribution in [1.29, 1.82) is 0 Å². The molecule has 1 atom stereocenters. The van der Waals surface area contributed by atoms with Crippen LogP contribution in [-0.4, -0.2) is 35.2 Å². The highest BCUT2D eigenvalue weighted by Gasteiger charge is 2.07. The molecule has 1 heterocycles. The van der Waals surface area contributed by atoms with Crippen LogP contribution in [0, 0.1) is 12.3 Å². The van der Waals surface area contributed by atoms with E-state index in [4.69, 9.17) is 11.5 Å². The van der Waals surface area contributed by atoms with Crippen LogP contribution in [0.5, 0.6) is 0 Å². The second kappa shape index (κ2) is 7.30.